The van der Waals surface area contributed by atoms with Gasteiger partial charge in [0.1, 0.15) is 11.4 Å². The van der Waals surface area contributed by atoms with Gasteiger partial charge in [0.2, 0.25) is 0 Å². The number of halogens is 1. The van der Waals surface area contributed by atoms with E-state index in [9.17, 15) is 17.6 Å². The zero-order valence-electron chi connectivity index (χ0n) is 11.1. The maximum Gasteiger partial charge on any atom is 0.340 e. The molecule has 0 atom stereocenters. The number of nitrogens with one attached hydrogen (secondary N) is 1. The number of carboxylic acid groups (broad SMARTS) is 1. The van der Waals surface area contributed by atoms with E-state index in [0.717, 1.165) is 10.4 Å². The molecule has 0 saturated carbocycles. The van der Waals surface area contributed by atoms with Gasteiger partial charge in [0.15, 0.2) is 0 Å². The molecule has 1 aliphatic rings. The minimum Gasteiger partial charge on any atom is -0.478 e. The van der Waals surface area contributed by atoms with Crippen LogP contribution in [0.2, 0.25) is 0 Å². The summed E-state index contributed by atoms with van der Waals surface area (Å²) in [7, 11) is -3.96. The molecule has 2 rings (SSSR count). The maximum atomic E-state index is 13.5. The SMILES string of the molecule is O=C(O)c1c(F)cccc1NS(=O)(=O)N1CCCOCC1. The lowest BCUT2D eigenvalue weighted by Gasteiger charge is -2.21. The van der Waals surface area contributed by atoms with Gasteiger partial charge in [0.05, 0.1) is 12.3 Å². The van der Waals surface area contributed by atoms with E-state index < -0.39 is 27.6 Å². The van der Waals surface area contributed by atoms with E-state index in [1.165, 1.54) is 12.1 Å². The Kier molecular flexibility index (Phi) is 4.76. The first-order valence-corrected chi connectivity index (χ1v) is 7.73. The monoisotopic (exact) mass is 318 g/mol. The number of benzene rings is 1. The summed E-state index contributed by atoms with van der Waals surface area (Å²) in [4.78, 5) is 11.1. The van der Waals surface area contributed by atoms with Gasteiger partial charge in [-0.05, 0) is 18.6 Å². The number of carbonyl (C=O) groups is 1. The van der Waals surface area contributed by atoms with E-state index in [1.54, 1.807) is 0 Å². The number of nitrogens with zero attached hydrogens (tertiary/aromatic N) is 1. The molecule has 21 heavy (non-hydrogen) atoms. The average molecular weight is 318 g/mol. The van der Waals surface area contributed by atoms with E-state index in [0.29, 0.717) is 13.0 Å². The van der Waals surface area contributed by atoms with Crippen molar-refractivity contribution in [3.8, 4) is 0 Å². The molecule has 116 valence electrons. The van der Waals surface area contributed by atoms with E-state index in [1.807, 2.05) is 0 Å². The fraction of sp³-hybridized carbons (Fsp3) is 0.417. The molecule has 0 aromatic heterocycles. The molecular weight excluding hydrogens is 303 g/mol. The van der Waals surface area contributed by atoms with E-state index in [4.69, 9.17) is 9.84 Å². The molecule has 9 heteroatoms. The van der Waals surface area contributed by atoms with Crippen LogP contribution in [0, 0.1) is 5.82 Å². The number of rotatable bonds is 4. The van der Waals surface area contributed by atoms with Crippen molar-refractivity contribution >= 4 is 21.9 Å². The molecule has 1 aromatic carbocycles. The zero-order chi connectivity index (χ0) is 15.5. The predicted molar refractivity (Wildman–Crippen MR) is 72.9 cm³/mol. The molecule has 1 aliphatic heterocycles. The van der Waals surface area contributed by atoms with Crippen molar-refractivity contribution in [2.75, 3.05) is 31.0 Å². The molecule has 7 nitrogen and oxygen atoms in total. The van der Waals surface area contributed by atoms with Crippen LogP contribution in [-0.4, -0.2) is 50.1 Å². The lowest BCUT2D eigenvalue weighted by Crippen LogP contribution is -2.38. The smallest absolute Gasteiger partial charge is 0.340 e. The van der Waals surface area contributed by atoms with Crippen LogP contribution in [0.4, 0.5) is 10.1 Å². The van der Waals surface area contributed by atoms with Crippen molar-refractivity contribution in [1.82, 2.24) is 4.31 Å². The number of hydrogen-bond donors (Lipinski definition) is 2. The Hall–Kier alpha value is -1.71. The van der Waals surface area contributed by atoms with Crippen molar-refractivity contribution in [2.45, 2.75) is 6.42 Å². The van der Waals surface area contributed by atoms with Crippen LogP contribution in [0.15, 0.2) is 18.2 Å². The topological polar surface area (TPSA) is 95.9 Å². The summed E-state index contributed by atoms with van der Waals surface area (Å²) in [6.07, 6.45) is 0.538. The first kappa shape index (κ1) is 15.7. The average Bonchev–Trinajstić information content (AvgIpc) is 2.67. The summed E-state index contributed by atoms with van der Waals surface area (Å²) in [5.74, 6) is -2.54. The van der Waals surface area contributed by atoms with Crippen molar-refractivity contribution in [3.05, 3.63) is 29.6 Å². The maximum absolute atomic E-state index is 13.5. The van der Waals surface area contributed by atoms with E-state index >= 15 is 0 Å². The molecule has 0 bridgehead atoms. The van der Waals surface area contributed by atoms with Crippen LogP contribution in [0.5, 0.6) is 0 Å². The standard InChI is InChI=1S/C12H15FN2O5S/c13-9-3-1-4-10(11(9)12(16)17)14-21(18,19)15-5-2-7-20-8-6-15/h1,3-4,14H,2,5-8H2,(H,16,17). The third kappa shape index (κ3) is 3.69. The van der Waals surface area contributed by atoms with Crippen molar-refractivity contribution in [3.63, 3.8) is 0 Å². The van der Waals surface area contributed by atoms with Crippen molar-refractivity contribution in [1.29, 1.82) is 0 Å². The molecular formula is C12H15FN2O5S. The first-order chi connectivity index (χ1) is 9.92. The van der Waals surface area contributed by atoms with Crippen LogP contribution >= 0.6 is 0 Å². The summed E-state index contributed by atoms with van der Waals surface area (Å²) in [6, 6.07) is 3.41. The minimum absolute atomic E-state index is 0.160. The lowest BCUT2D eigenvalue weighted by molar-refractivity contribution is 0.0693. The molecule has 0 spiro atoms. The number of aromatic carboxylic acids is 1. The molecule has 1 aromatic rings. The van der Waals surface area contributed by atoms with E-state index in [2.05, 4.69) is 4.72 Å². The highest BCUT2D eigenvalue weighted by Gasteiger charge is 2.26. The largest absolute Gasteiger partial charge is 0.478 e. The Morgan fingerprint density at radius 2 is 2.10 bits per heavy atom. The highest BCUT2D eigenvalue weighted by atomic mass is 32.2. The summed E-state index contributed by atoms with van der Waals surface area (Å²) in [5.41, 5.74) is -1.00. The number of ether oxygens (including phenoxy) is 1. The van der Waals surface area contributed by atoms with E-state index in [-0.39, 0.29) is 25.4 Å². The summed E-state index contributed by atoms with van der Waals surface area (Å²) >= 11 is 0. The number of anilines is 1. The van der Waals surface area contributed by atoms with Gasteiger partial charge in [-0.2, -0.15) is 12.7 Å². The van der Waals surface area contributed by atoms with Gasteiger partial charge in [-0.25, -0.2) is 9.18 Å². The Bertz CT molecular complexity index is 627. The number of hydrogen-bond acceptors (Lipinski definition) is 4. The van der Waals surface area contributed by atoms with Crippen molar-refractivity contribution in [2.24, 2.45) is 0 Å². The lowest BCUT2D eigenvalue weighted by atomic mass is 10.2. The zero-order valence-corrected chi connectivity index (χ0v) is 11.9. The van der Waals surface area contributed by atoms with Gasteiger partial charge in [-0.1, -0.05) is 6.07 Å². The van der Waals surface area contributed by atoms with Gasteiger partial charge < -0.3 is 9.84 Å². The molecule has 0 aliphatic carbocycles. The second-order valence-electron chi connectivity index (χ2n) is 4.44. The Morgan fingerprint density at radius 1 is 1.33 bits per heavy atom. The molecule has 1 heterocycles. The molecule has 1 saturated heterocycles. The summed E-state index contributed by atoms with van der Waals surface area (Å²) in [5, 5.41) is 8.99. The summed E-state index contributed by atoms with van der Waals surface area (Å²) < 4.78 is 46.5. The predicted octanol–water partition coefficient (Wildman–Crippen LogP) is 0.903. The number of carboxylic acids is 1. The highest BCUT2D eigenvalue weighted by Crippen LogP contribution is 2.21. The van der Waals surface area contributed by atoms with Gasteiger partial charge in [0.25, 0.3) is 0 Å². The van der Waals surface area contributed by atoms with Gasteiger partial charge in [-0.15, -0.1) is 0 Å². The van der Waals surface area contributed by atoms with Crippen LogP contribution < -0.4 is 4.72 Å². The van der Waals surface area contributed by atoms with Crippen LogP contribution in [0.1, 0.15) is 16.8 Å². The molecule has 1 fully saturated rings. The molecule has 0 radical (unpaired) electrons. The van der Waals surface area contributed by atoms with Crippen molar-refractivity contribution < 1.29 is 27.4 Å². The fourth-order valence-corrected chi connectivity index (χ4v) is 3.26. The fourth-order valence-electron chi connectivity index (χ4n) is 1.99. The quantitative estimate of drug-likeness (QED) is 0.860. The van der Waals surface area contributed by atoms with Crippen LogP contribution in [-0.2, 0) is 14.9 Å². The van der Waals surface area contributed by atoms with Gasteiger partial charge in [-0.3, -0.25) is 4.72 Å². The minimum atomic E-state index is -3.96. The Morgan fingerprint density at radius 3 is 2.81 bits per heavy atom. The Balaban J connectivity index is 2.28. The third-order valence-corrected chi connectivity index (χ3v) is 4.51. The molecule has 0 unspecified atom stereocenters. The second kappa shape index (κ2) is 6.37. The highest BCUT2D eigenvalue weighted by molar-refractivity contribution is 7.90. The van der Waals surface area contributed by atoms with Crippen LogP contribution in [0.3, 0.4) is 0 Å². The summed E-state index contributed by atoms with van der Waals surface area (Å²) in [6.45, 7) is 1.14. The Labute approximate surface area is 121 Å². The molecule has 2 N–H and O–H groups in total. The van der Waals surface area contributed by atoms with Gasteiger partial charge >= 0.3 is 16.2 Å². The molecule has 0 amide bonds. The van der Waals surface area contributed by atoms with Gasteiger partial charge in [0, 0.05) is 19.7 Å². The first-order valence-electron chi connectivity index (χ1n) is 6.29. The third-order valence-electron chi connectivity index (χ3n) is 2.99. The van der Waals surface area contributed by atoms with Crippen LogP contribution in [0.25, 0.3) is 0 Å². The second-order valence-corrected chi connectivity index (χ2v) is 6.11. The normalized spacial score (nSPS) is 17.2.